The molecule has 0 saturated heterocycles. The van der Waals surface area contributed by atoms with Crippen molar-refractivity contribution in [2.75, 3.05) is 18.9 Å². The first-order chi connectivity index (χ1) is 9.86. The van der Waals surface area contributed by atoms with E-state index < -0.39 is 23.1 Å². The molecule has 0 spiro atoms. The van der Waals surface area contributed by atoms with Gasteiger partial charge in [0, 0.05) is 13.6 Å². The lowest BCUT2D eigenvalue weighted by atomic mass is 10.1. The third-order valence-corrected chi connectivity index (χ3v) is 3.34. The number of hydrogen-bond acceptors (Lipinski definition) is 5. The Morgan fingerprint density at radius 2 is 2.05 bits per heavy atom. The third-order valence-electron chi connectivity index (χ3n) is 3.34. The van der Waals surface area contributed by atoms with Gasteiger partial charge in [0.2, 0.25) is 5.78 Å². The summed E-state index contributed by atoms with van der Waals surface area (Å²) in [6.07, 6.45) is 0.655. The zero-order chi connectivity index (χ0) is 16.2. The second kappa shape index (κ2) is 7.19. The topological polar surface area (TPSA) is 124 Å². The summed E-state index contributed by atoms with van der Waals surface area (Å²) in [5.74, 6) is -0.523. The summed E-state index contributed by atoms with van der Waals surface area (Å²) in [6.45, 7) is 4.12. The average Bonchev–Trinajstić information content (AvgIpc) is 2.47. The van der Waals surface area contributed by atoms with Crippen LogP contribution in [0.3, 0.4) is 0 Å². The third kappa shape index (κ3) is 3.40. The predicted molar refractivity (Wildman–Crippen MR) is 78.3 cm³/mol. The van der Waals surface area contributed by atoms with Crippen molar-refractivity contribution in [2.45, 2.75) is 32.9 Å². The maximum Gasteiger partial charge on any atom is 0.332 e. The maximum atomic E-state index is 12.4. The van der Waals surface area contributed by atoms with Crippen LogP contribution >= 0.6 is 0 Å². The van der Waals surface area contributed by atoms with Gasteiger partial charge in [0.25, 0.3) is 5.56 Å². The van der Waals surface area contributed by atoms with E-state index in [0.29, 0.717) is 19.5 Å². The standard InChI is InChI=1S/C13H22N4O4/c1-4-6-17-11(14)9(12(20)16(3)13(17)21)10(19)8(2)15-5-7-18/h8,15,18H,4-7,14H2,1-3H3/p+1/t8-/m1/s1. The molecule has 8 heteroatoms. The van der Waals surface area contributed by atoms with Crippen LogP contribution in [-0.4, -0.2) is 39.2 Å². The van der Waals surface area contributed by atoms with Crippen molar-refractivity contribution in [3.05, 3.63) is 26.4 Å². The zero-order valence-electron chi connectivity index (χ0n) is 12.6. The summed E-state index contributed by atoms with van der Waals surface area (Å²) in [6, 6.07) is -0.556. The van der Waals surface area contributed by atoms with Gasteiger partial charge in [0.05, 0.1) is 13.2 Å². The van der Waals surface area contributed by atoms with E-state index in [1.807, 2.05) is 6.92 Å². The van der Waals surface area contributed by atoms with Crippen LogP contribution in [0.2, 0.25) is 0 Å². The van der Waals surface area contributed by atoms with Gasteiger partial charge in [-0.15, -0.1) is 0 Å². The van der Waals surface area contributed by atoms with E-state index >= 15 is 0 Å². The number of nitrogens with zero attached hydrogens (tertiary/aromatic N) is 2. The number of Topliss-reactive ketones (excluding diaryl/α,β-unsaturated/α-hetero) is 1. The normalized spacial score (nSPS) is 12.4. The number of anilines is 1. The molecule has 8 nitrogen and oxygen atoms in total. The van der Waals surface area contributed by atoms with E-state index in [1.165, 1.54) is 11.6 Å². The van der Waals surface area contributed by atoms with Crippen LogP contribution in [0.25, 0.3) is 0 Å². The Hall–Kier alpha value is -1.93. The molecular weight excluding hydrogens is 276 g/mol. The summed E-state index contributed by atoms with van der Waals surface area (Å²) < 4.78 is 2.14. The summed E-state index contributed by atoms with van der Waals surface area (Å²) >= 11 is 0. The molecule has 0 aliphatic rings. The fourth-order valence-electron chi connectivity index (χ4n) is 2.11. The number of aliphatic hydroxyl groups is 1. The number of nitrogens with two attached hydrogens (primary N) is 2. The second-order valence-corrected chi connectivity index (χ2v) is 4.96. The average molecular weight is 299 g/mol. The number of hydrogen-bond donors (Lipinski definition) is 3. The molecule has 0 radical (unpaired) electrons. The first-order valence-electron chi connectivity index (χ1n) is 6.94. The number of quaternary nitrogens is 1. The van der Waals surface area contributed by atoms with Crippen molar-refractivity contribution in [1.29, 1.82) is 0 Å². The van der Waals surface area contributed by atoms with E-state index in [4.69, 9.17) is 10.8 Å². The van der Waals surface area contributed by atoms with Gasteiger partial charge in [-0.05, 0) is 13.3 Å². The number of aliphatic hydroxyl groups excluding tert-OH is 1. The van der Waals surface area contributed by atoms with Gasteiger partial charge in [0.1, 0.15) is 17.4 Å². The lowest BCUT2D eigenvalue weighted by molar-refractivity contribution is -0.673. The highest BCUT2D eigenvalue weighted by Gasteiger charge is 2.27. The van der Waals surface area contributed by atoms with Crippen LogP contribution in [0.5, 0.6) is 0 Å². The van der Waals surface area contributed by atoms with Gasteiger partial charge >= 0.3 is 5.69 Å². The molecule has 21 heavy (non-hydrogen) atoms. The van der Waals surface area contributed by atoms with Crippen molar-refractivity contribution in [3.63, 3.8) is 0 Å². The minimum Gasteiger partial charge on any atom is -0.391 e. The molecule has 118 valence electrons. The second-order valence-electron chi connectivity index (χ2n) is 4.96. The molecule has 1 aromatic heterocycles. The Morgan fingerprint density at radius 3 is 2.57 bits per heavy atom. The number of rotatable bonds is 7. The fourth-order valence-corrected chi connectivity index (χ4v) is 2.11. The molecule has 1 aromatic rings. The van der Waals surface area contributed by atoms with Crippen LogP contribution in [0.15, 0.2) is 9.59 Å². The summed E-state index contributed by atoms with van der Waals surface area (Å²) in [7, 11) is 1.33. The number of carbonyl (C=O) groups is 1. The lowest BCUT2D eigenvalue weighted by Gasteiger charge is -2.15. The van der Waals surface area contributed by atoms with E-state index in [1.54, 1.807) is 12.2 Å². The Labute approximate surface area is 122 Å². The summed E-state index contributed by atoms with van der Waals surface area (Å²) in [5, 5.41) is 10.4. The summed E-state index contributed by atoms with van der Waals surface area (Å²) in [4.78, 5) is 36.6. The van der Waals surface area contributed by atoms with Gasteiger partial charge in [-0.3, -0.25) is 18.7 Å². The van der Waals surface area contributed by atoms with Gasteiger partial charge < -0.3 is 16.2 Å². The van der Waals surface area contributed by atoms with Crippen LogP contribution in [-0.2, 0) is 13.6 Å². The van der Waals surface area contributed by atoms with Crippen LogP contribution in [0.4, 0.5) is 5.82 Å². The quantitative estimate of drug-likeness (QED) is 0.487. The molecule has 1 rings (SSSR count). The Balaban J connectivity index is 3.39. The number of ketones is 1. The van der Waals surface area contributed by atoms with E-state index in [0.717, 1.165) is 4.57 Å². The lowest BCUT2D eigenvalue weighted by Crippen LogP contribution is -2.91. The van der Waals surface area contributed by atoms with E-state index in [9.17, 15) is 14.4 Å². The number of aromatic nitrogens is 2. The number of nitrogen functional groups attached to an aromatic ring is 1. The number of carbonyl (C=O) groups excluding carboxylic acids is 1. The van der Waals surface area contributed by atoms with E-state index in [2.05, 4.69) is 0 Å². The molecule has 0 aromatic carbocycles. The SMILES string of the molecule is CCCn1c(N)c(C(=O)[C@@H](C)[NH2+]CCO)c(=O)n(C)c1=O. The molecule has 0 amide bonds. The Bertz CT molecular complexity index is 632. The first-order valence-corrected chi connectivity index (χ1v) is 6.94. The molecule has 1 atom stereocenters. The van der Waals surface area contributed by atoms with Gasteiger partial charge in [-0.25, -0.2) is 4.79 Å². The Morgan fingerprint density at radius 1 is 1.43 bits per heavy atom. The molecule has 0 aliphatic heterocycles. The molecule has 0 bridgehead atoms. The van der Waals surface area contributed by atoms with Crippen molar-refractivity contribution < 1.29 is 15.2 Å². The fraction of sp³-hybridized carbons (Fsp3) is 0.615. The molecule has 5 N–H and O–H groups in total. The highest BCUT2D eigenvalue weighted by Crippen LogP contribution is 2.07. The minimum atomic E-state index is -0.681. The molecule has 1 heterocycles. The van der Waals surface area contributed by atoms with Crippen molar-refractivity contribution >= 4 is 11.6 Å². The summed E-state index contributed by atoms with van der Waals surface area (Å²) in [5.41, 5.74) is 4.51. The van der Waals surface area contributed by atoms with Crippen molar-refractivity contribution in [1.82, 2.24) is 9.13 Å². The highest BCUT2D eigenvalue weighted by atomic mass is 16.3. The van der Waals surface area contributed by atoms with E-state index in [-0.39, 0.29) is 18.0 Å². The van der Waals surface area contributed by atoms with Gasteiger partial charge in [0.15, 0.2) is 0 Å². The predicted octanol–water partition coefficient (Wildman–Crippen LogP) is -2.33. The molecule has 0 aliphatic carbocycles. The Kier molecular flexibility index (Phi) is 5.86. The monoisotopic (exact) mass is 299 g/mol. The molecule has 0 fully saturated rings. The maximum absolute atomic E-state index is 12.4. The molecule has 0 unspecified atom stereocenters. The zero-order valence-corrected chi connectivity index (χ0v) is 12.6. The highest BCUT2D eigenvalue weighted by molar-refractivity contribution is 6.02. The minimum absolute atomic E-state index is 0.0690. The van der Waals surface area contributed by atoms with Gasteiger partial charge in [-0.2, -0.15) is 0 Å². The molecule has 0 saturated carbocycles. The van der Waals surface area contributed by atoms with Crippen molar-refractivity contribution in [2.24, 2.45) is 7.05 Å². The molecular formula is C13H23N4O4+. The smallest absolute Gasteiger partial charge is 0.332 e. The largest absolute Gasteiger partial charge is 0.391 e. The first kappa shape index (κ1) is 17.1. The van der Waals surface area contributed by atoms with Crippen molar-refractivity contribution in [3.8, 4) is 0 Å². The van der Waals surface area contributed by atoms with Crippen LogP contribution in [0.1, 0.15) is 30.6 Å². The van der Waals surface area contributed by atoms with Gasteiger partial charge in [-0.1, -0.05) is 6.92 Å². The van der Waals surface area contributed by atoms with Crippen LogP contribution in [0, 0.1) is 0 Å². The van der Waals surface area contributed by atoms with Crippen LogP contribution < -0.4 is 22.3 Å².